The molecule has 18 heavy (non-hydrogen) atoms. The molecular weight excluding hydrogens is 224 g/mol. The highest BCUT2D eigenvalue weighted by Gasteiger charge is 2.20. The Hall–Kier alpha value is -1.06. The summed E-state index contributed by atoms with van der Waals surface area (Å²) in [6.07, 6.45) is 2.72. The molecule has 0 unspecified atom stereocenters. The Bertz CT molecular complexity index is 388. The van der Waals surface area contributed by atoms with Crippen molar-refractivity contribution in [2.45, 2.75) is 26.3 Å². The number of anilines is 1. The Morgan fingerprint density at radius 1 is 1.39 bits per heavy atom. The van der Waals surface area contributed by atoms with Gasteiger partial charge in [0.25, 0.3) is 0 Å². The van der Waals surface area contributed by atoms with Gasteiger partial charge in [0.05, 0.1) is 6.61 Å². The molecule has 0 saturated heterocycles. The zero-order valence-corrected chi connectivity index (χ0v) is 11.5. The molecule has 0 aromatic heterocycles. The molecule has 1 aromatic rings. The topological polar surface area (TPSA) is 38.5 Å². The zero-order valence-electron chi connectivity index (χ0n) is 11.5. The molecule has 1 aliphatic carbocycles. The summed E-state index contributed by atoms with van der Waals surface area (Å²) < 4.78 is 5.64. The molecule has 0 spiro atoms. The molecule has 1 aliphatic rings. The standard InChI is InChI=1S/C15H24N2O/c1-12-3-4-14(9-15(12)16)10-17(2)7-8-18-11-13-5-6-13/h3-4,9,13H,5-8,10-11,16H2,1-2H3. The highest BCUT2D eigenvalue weighted by molar-refractivity contribution is 5.48. The van der Waals surface area contributed by atoms with Gasteiger partial charge in [0.1, 0.15) is 0 Å². The van der Waals surface area contributed by atoms with Crippen LogP contribution in [0.15, 0.2) is 18.2 Å². The lowest BCUT2D eigenvalue weighted by Crippen LogP contribution is -2.23. The van der Waals surface area contributed by atoms with E-state index in [9.17, 15) is 0 Å². The minimum Gasteiger partial charge on any atom is -0.399 e. The van der Waals surface area contributed by atoms with Crippen LogP contribution in [0.3, 0.4) is 0 Å². The Morgan fingerprint density at radius 3 is 2.83 bits per heavy atom. The van der Waals surface area contributed by atoms with Gasteiger partial charge in [-0.2, -0.15) is 0 Å². The van der Waals surface area contributed by atoms with Crippen LogP contribution in [0.5, 0.6) is 0 Å². The summed E-state index contributed by atoms with van der Waals surface area (Å²) in [5, 5.41) is 0. The summed E-state index contributed by atoms with van der Waals surface area (Å²) in [7, 11) is 2.12. The molecule has 100 valence electrons. The van der Waals surface area contributed by atoms with E-state index in [1.807, 2.05) is 6.92 Å². The van der Waals surface area contributed by atoms with Gasteiger partial charge in [-0.05, 0) is 49.9 Å². The van der Waals surface area contributed by atoms with E-state index < -0.39 is 0 Å². The van der Waals surface area contributed by atoms with Gasteiger partial charge in [-0.15, -0.1) is 0 Å². The Balaban J connectivity index is 1.68. The third-order valence-electron chi connectivity index (χ3n) is 3.46. The van der Waals surface area contributed by atoms with E-state index in [4.69, 9.17) is 10.5 Å². The SMILES string of the molecule is Cc1ccc(CN(C)CCOCC2CC2)cc1N. The first-order chi connectivity index (χ1) is 8.65. The van der Waals surface area contributed by atoms with Gasteiger partial charge in [-0.1, -0.05) is 12.1 Å². The first-order valence-electron chi connectivity index (χ1n) is 6.76. The molecule has 0 atom stereocenters. The molecule has 0 aliphatic heterocycles. The Labute approximate surface area is 110 Å². The number of nitrogen functional groups attached to an aromatic ring is 1. The van der Waals surface area contributed by atoms with Crippen LogP contribution < -0.4 is 5.73 Å². The molecule has 1 aromatic carbocycles. The van der Waals surface area contributed by atoms with E-state index in [1.165, 1.54) is 18.4 Å². The number of likely N-dealkylation sites (N-methyl/N-ethyl adjacent to an activating group) is 1. The van der Waals surface area contributed by atoms with Gasteiger partial charge in [-0.25, -0.2) is 0 Å². The summed E-state index contributed by atoms with van der Waals surface area (Å²) in [6, 6.07) is 6.30. The second kappa shape index (κ2) is 6.21. The zero-order chi connectivity index (χ0) is 13.0. The van der Waals surface area contributed by atoms with E-state index in [0.29, 0.717) is 0 Å². The van der Waals surface area contributed by atoms with Gasteiger partial charge in [0, 0.05) is 25.4 Å². The summed E-state index contributed by atoms with van der Waals surface area (Å²) in [5.41, 5.74) is 9.21. The van der Waals surface area contributed by atoms with Crippen LogP contribution in [0.25, 0.3) is 0 Å². The van der Waals surface area contributed by atoms with Gasteiger partial charge in [0.2, 0.25) is 0 Å². The maximum absolute atomic E-state index is 5.92. The normalized spacial score (nSPS) is 15.3. The van der Waals surface area contributed by atoms with Gasteiger partial charge in [-0.3, -0.25) is 4.90 Å². The van der Waals surface area contributed by atoms with Crippen LogP contribution in [0, 0.1) is 12.8 Å². The van der Waals surface area contributed by atoms with E-state index in [0.717, 1.165) is 43.5 Å². The number of rotatable bonds is 7. The summed E-state index contributed by atoms with van der Waals surface area (Å²) in [4.78, 5) is 2.27. The molecule has 0 heterocycles. The number of benzene rings is 1. The van der Waals surface area contributed by atoms with Crippen molar-refractivity contribution in [2.24, 2.45) is 5.92 Å². The molecule has 3 heteroatoms. The summed E-state index contributed by atoms with van der Waals surface area (Å²) in [5.74, 6) is 0.854. The lowest BCUT2D eigenvalue weighted by Gasteiger charge is -2.17. The van der Waals surface area contributed by atoms with Crippen LogP contribution in [0.2, 0.25) is 0 Å². The van der Waals surface area contributed by atoms with Crippen molar-refractivity contribution in [3.05, 3.63) is 29.3 Å². The number of ether oxygens (including phenoxy) is 1. The van der Waals surface area contributed by atoms with Crippen LogP contribution in [-0.2, 0) is 11.3 Å². The van der Waals surface area contributed by atoms with E-state index in [2.05, 4.69) is 30.1 Å². The second-order valence-corrected chi connectivity index (χ2v) is 5.45. The second-order valence-electron chi connectivity index (χ2n) is 5.45. The highest BCUT2D eigenvalue weighted by Crippen LogP contribution is 2.28. The fraction of sp³-hybridized carbons (Fsp3) is 0.600. The first kappa shape index (κ1) is 13.4. The van der Waals surface area contributed by atoms with Gasteiger partial charge in [0.15, 0.2) is 0 Å². The quantitative estimate of drug-likeness (QED) is 0.595. The molecule has 1 fully saturated rings. The van der Waals surface area contributed by atoms with Crippen LogP contribution in [0.4, 0.5) is 5.69 Å². The van der Waals surface area contributed by atoms with Crippen molar-refractivity contribution < 1.29 is 4.74 Å². The summed E-state index contributed by atoms with van der Waals surface area (Å²) in [6.45, 7) is 5.71. The van der Waals surface area contributed by atoms with Crippen molar-refractivity contribution in [3.63, 3.8) is 0 Å². The number of hydrogen-bond acceptors (Lipinski definition) is 3. The maximum atomic E-state index is 5.92. The van der Waals surface area contributed by atoms with E-state index >= 15 is 0 Å². The molecular formula is C15H24N2O. The Kier molecular flexibility index (Phi) is 4.61. The predicted octanol–water partition coefficient (Wildman–Crippen LogP) is 2.44. The van der Waals surface area contributed by atoms with Crippen molar-refractivity contribution in [1.82, 2.24) is 4.90 Å². The minimum absolute atomic E-state index is 0.828. The lowest BCUT2D eigenvalue weighted by molar-refractivity contribution is 0.102. The largest absolute Gasteiger partial charge is 0.399 e. The van der Waals surface area contributed by atoms with Crippen molar-refractivity contribution in [2.75, 3.05) is 32.5 Å². The molecule has 0 bridgehead atoms. The monoisotopic (exact) mass is 248 g/mol. The molecule has 2 rings (SSSR count). The fourth-order valence-electron chi connectivity index (χ4n) is 1.93. The van der Waals surface area contributed by atoms with E-state index in [1.54, 1.807) is 0 Å². The Morgan fingerprint density at radius 2 is 2.17 bits per heavy atom. The number of hydrogen-bond donors (Lipinski definition) is 1. The van der Waals surface area contributed by atoms with E-state index in [-0.39, 0.29) is 0 Å². The van der Waals surface area contributed by atoms with Crippen LogP contribution in [0.1, 0.15) is 24.0 Å². The van der Waals surface area contributed by atoms with Crippen molar-refractivity contribution in [1.29, 1.82) is 0 Å². The summed E-state index contributed by atoms with van der Waals surface area (Å²) >= 11 is 0. The smallest absolute Gasteiger partial charge is 0.0593 e. The predicted molar refractivity (Wildman–Crippen MR) is 75.5 cm³/mol. The lowest BCUT2D eigenvalue weighted by atomic mass is 10.1. The van der Waals surface area contributed by atoms with Gasteiger partial charge >= 0.3 is 0 Å². The van der Waals surface area contributed by atoms with Crippen LogP contribution >= 0.6 is 0 Å². The highest BCUT2D eigenvalue weighted by atomic mass is 16.5. The molecule has 3 nitrogen and oxygen atoms in total. The average Bonchev–Trinajstić information content (AvgIpc) is 3.14. The number of aryl methyl sites for hydroxylation is 1. The number of nitrogens with zero attached hydrogens (tertiary/aromatic N) is 1. The van der Waals surface area contributed by atoms with Crippen molar-refractivity contribution in [3.8, 4) is 0 Å². The first-order valence-corrected chi connectivity index (χ1v) is 6.76. The van der Waals surface area contributed by atoms with Crippen molar-refractivity contribution >= 4 is 5.69 Å². The van der Waals surface area contributed by atoms with Gasteiger partial charge < -0.3 is 10.5 Å². The molecule has 0 radical (unpaired) electrons. The molecule has 2 N–H and O–H groups in total. The van der Waals surface area contributed by atoms with Crippen LogP contribution in [-0.4, -0.2) is 31.7 Å². The third-order valence-corrected chi connectivity index (χ3v) is 3.46. The third kappa shape index (κ3) is 4.31. The average molecular weight is 248 g/mol. The molecule has 0 amide bonds. The number of nitrogens with two attached hydrogens (primary N) is 1. The minimum atomic E-state index is 0.828. The maximum Gasteiger partial charge on any atom is 0.0593 e. The fourth-order valence-corrected chi connectivity index (χ4v) is 1.93. The molecule has 1 saturated carbocycles.